The van der Waals surface area contributed by atoms with Crippen LogP contribution >= 0.6 is 0 Å². The van der Waals surface area contributed by atoms with Crippen molar-refractivity contribution in [3.05, 3.63) is 65.7 Å². The third-order valence-corrected chi connectivity index (χ3v) is 6.22. The summed E-state index contributed by atoms with van der Waals surface area (Å²) in [6.07, 6.45) is 2.16. The molecule has 0 atom stereocenters. The number of aromatic nitrogens is 1. The largest absolute Gasteiger partial charge is 0.504 e. The van der Waals surface area contributed by atoms with E-state index in [4.69, 9.17) is 9.72 Å². The van der Waals surface area contributed by atoms with Gasteiger partial charge in [-0.3, -0.25) is 4.90 Å². The van der Waals surface area contributed by atoms with Gasteiger partial charge in [-0.1, -0.05) is 37.3 Å². The maximum Gasteiger partial charge on any atom is 0.161 e. The maximum atomic E-state index is 10.2. The highest BCUT2D eigenvalue weighted by atomic mass is 16.5. The summed E-state index contributed by atoms with van der Waals surface area (Å²) >= 11 is 0. The molecule has 31 heavy (non-hydrogen) atoms. The van der Waals surface area contributed by atoms with Crippen molar-refractivity contribution >= 4 is 21.7 Å². The van der Waals surface area contributed by atoms with Gasteiger partial charge < -0.3 is 9.84 Å². The van der Waals surface area contributed by atoms with Crippen LogP contribution in [0.5, 0.6) is 11.5 Å². The minimum atomic E-state index is 0.166. The fraction of sp³-hybridized carbons (Fsp3) is 0.296. The fourth-order valence-corrected chi connectivity index (χ4v) is 4.85. The van der Waals surface area contributed by atoms with Crippen molar-refractivity contribution in [1.82, 2.24) is 9.88 Å². The quantitative estimate of drug-likeness (QED) is 0.413. The van der Waals surface area contributed by atoms with E-state index in [2.05, 4.69) is 48.2 Å². The van der Waals surface area contributed by atoms with Crippen LogP contribution in [0.2, 0.25) is 0 Å². The van der Waals surface area contributed by atoms with Crippen molar-refractivity contribution in [3.8, 4) is 22.8 Å². The number of rotatable bonds is 5. The number of hydrogen-bond donors (Lipinski definition) is 1. The summed E-state index contributed by atoms with van der Waals surface area (Å²) in [4.78, 5) is 7.69. The van der Waals surface area contributed by atoms with Gasteiger partial charge in [0.15, 0.2) is 11.5 Å². The second-order valence-electron chi connectivity index (χ2n) is 8.24. The molecule has 0 amide bonds. The first kappa shape index (κ1) is 19.8. The van der Waals surface area contributed by atoms with Crippen molar-refractivity contribution in [1.29, 1.82) is 0 Å². The number of ether oxygens (including phenoxy) is 1. The van der Waals surface area contributed by atoms with E-state index in [1.807, 2.05) is 19.1 Å². The molecule has 0 radical (unpaired) electrons. The molecule has 0 saturated carbocycles. The average Bonchev–Trinajstić information content (AvgIpc) is 2.80. The van der Waals surface area contributed by atoms with Gasteiger partial charge in [-0.05, 0) is 72.5 Å². The van der Waals surface area contributed by atoms with Gasteiger partial charge in [-0.15, -0.1) is 0 Å². The second kappa shape index (κ2) is 8.20. The molecule has 0 saturated heterocycles. The highest BCUT2D eigenvalue weighted by Gasteiger charge is 2.24. The van der Waals surface area contributed by atoms with E-state index < -0.39 is 0 Å². The van der Waals surface area contributed by atoms with Gasteiger partial charge >= 0.3 is 0 Å². The van der Waals surface area contributed by atoms with Gasteiger partial charge in [0, 0.05) is 24.0 Å². The van der Waals surface area contributed by atoms with E-state index in [-0.39, 0.29) is 5.75 Å². The van der Waals surface area contributed by atoms with E-state index in [1.165, 1.54) is 27.3 Å². The molecule has 0 bridgehead atoms. The maximum absolute atomic E-state index is 10.2. The standard InChI is InChI=1S/C27H28N2O2/c1-3-14-29-15-13-21-22(17-29)27(19-10-12-24(30)25(16-19)31-4-2)28-23-11-9-18-7-5-6-8-20(18)26(21)23/h5-12,16,30H,3-4,13-15,17H2,1-2H3. The van der Waals surface area contributed by atoms with Gasteiger partial charge in [0.25, 0.3) is 0 Å². The normalized spacial score (nSPS) is 14.1. The van der Waals surface area contributed by atoms with Crippen molar-refractivity contribution in [2.24, 2.45) is 0 Å². The van der Waals surface area contributed by atoms with Crippen LogP contribution in [0, 0.1) is 0 Å². The van der Waals surface area contributed by atoms with Crippen LogP contribution in [0.15, 0.2) is 54.6 Å². The zero-order valence-electron chi connectivity index (χ0n) is 18.2. The molecule has 0 unspecified atom stereocenters. The number of nitrogens with zero attached hydrogens (tertiary/aromatic N) is 2. The van der Waals surface area contributed by atoms with Crippen molar-refractivity contribution in [2.45, 2.75) is 33.2 Å². The molecule has 0 spiro atoms. The molecule has 1 N–H and O–H groups in total. The van der Waals surface area contributed by atoms with Crippen LogP contribution in [0.1, 0.15) is 31.4 Å². The molecule has 1 aliphatic heterocycles. The summed E-state index contributed by atoms with van der Waals surface area (Å²) < 4.78 is 5.66. The summed E-state index contributed by atoms with van der Waals surface area (Å²) in [5.41, 5.74) is 5.74. The minimum Gasteiger partial charge on any atom is -0.504 e. The molecule has 5 rings (SSSR count). The summed E-state index contributed by atoms with van der Waals surface area (Å²) in [5.74, 6) is 0.675. The van der Waals surface area contributed by atoms with Gasteiger partial charge in [0.2, 0.25) is 0 Å². The van der Waals surface area contributed by atoms with E-state index in [0.717, 1.165) is 49.2 Å². The predicted molar refractivity (Wildman–Crippen MR) is 127 cm³/mol. The lowest BCUT2D eigenvalue weighted by atomic mass is 9.89. The second-order valence-corrected chi connectivity index (χ2v) is 8.24. The molecule has 1 aromatic heterocycles. The van der Waals surface area contributed by atoms with Crippen LogP contribution < -0.4 is 4.74 Å². The number of aromatic hydroxyl groups is 1. The Labute approximate surface area is 183 Å². The highest BCUT2D eigenvalue weighted by Crippen LogP contribution is 2.39. The van der Waals surface area contributed by atoms with E-state index in [0.29, 0.717) is 12.4 Å². The van der Waals surface area contributed by atoms with Crippen molar-refractivity contribution in [2.75, 3.05) is 19.7 Å². The molecule has 4 nitrogen and oxygen atoms in total. The fourth-order valence-electron chi connectivity index (χ4n) is 4.85. The average molecular weight is 413 g/mol. The number of pyridine rings is 1. The number of phenols is 1. The van der Waals surface area contributed by atoms with E-state index >= 15 is 0 Å². The Bertz CT molecular complexity index is 1270. The molecule has 158 valence electrons. The van der Waals surface area contributed by atoms with Gasteiger partial charge in [0.1, 0.15) is 0 Å². The summed E-state index contributed by atoms with van der Waals surface area (Å²) in [6.45, 7) is 7.73. The van der Waals surface area contributed by atoms with Gasteiger partial charge in [0.05, 0.1) is 17.8 Å². The molecular formula is C27H28N2O2. The first-order valence-electron chi connectivity index (χ1n) is 11.2. The summed E-state index contributed by atoms with van der Waals surface area (Å²) in [6, 6.07) is 18.5. The lowest BCUT2D eigenvalue weighted by Gasteiger charge is -2.31. The zero-order valence-corrected chi connectivity index (χ0v) is 18.2. The van der Waals surface area contributed by atoms with Gasteiger partial charge in [-0.25, -0.2) is 4.98 Å². The number of hydrogen-bond acceptors (Lipinski definition) is 4. The number of fused-ring (bicyclic) bond motifs is 5. The van der Waals surface area contributed by atoms with E-state index in [9.17, 15) is 5.11 Å². The number of benzene rings is 3. The van der Waals surface area contributed by atoms with E-state index in [1.54, 1.807) is 6.07 Å². The zero-order chi connectivity index (χ0) is 21.4. The molecule has 0 fully saturated rings. The van der Waals surface area contributed by atoms with Crippen molar-refractivity contribution in [3.63, 3.8) is 0 Å². The lowest BCUT2D eigenvalue weighted by molar-refractivity contribution is 0.255. The van der Waals surface area contributed by atoms with Crippen LogP contribution in [0.25, 0.3) is 32.9 Å². The monoisotopic (exact) mass is 412 g/mol. The van der Waals surface area contributed by atoms with Crippen molar-refractivity contribution < 1.29 is 9.84 Å². The van der Waals surface area contributed by atoms with Gasteiger partial charge in [-0.2, -0.15) is 0 Å². The Morgan fingerprint density at radius 1 is 1.03 bits per heavy atom. The van der Waals surface area contributed by atoms with Crippen LogP contribution in [0.4, 0.5) is 0 Å². The third-order valence-electron chi connectivity index (χ3n) is 6.22. The van der Waals surface area contributed by atoms with Crippen LogP contribution in [0.3, 0.4) is 0 Å². The SMILES string of the molecule is CCCN1CCc2c(c(-c3ccc(O)c(OCC)c3)nc3ccc4ccccc4c23)C1. The molecular weight excluding hydrogens is 384 g/mol. The topological polar surface area (TPSA) is 45.6 Å². The molecule has 1 aliphatic rings. The van der Waals surface area contributed by atoms with Crippen LogP contribution in [-0.2, 0) is 13.0 Å². The Morgan fingerprint density at radius 2 is 1.90 bits per heavy atom. The molecule has 2 heterocycles. The smallest absolute Gasteiger partial charge is 0.161 e. The predicted octanol–water partition coefficient (Wildman–Crippen LogP) is 5.93. The Balaban J connectivity index is 1.78. The Morgan fingerprint density at radius 3 is 2.74 bits per heavy atom. The lowest BCUT2D eigenvalue weighted by Crippen LogP contribution is -2.32. The molecule has 3 aromatic carbocycles. The molecule has 4 aromatic rings. The molecule has 4 heteroatoms. The Kier molecular flexibility index (Phi) is 5.24. The summed E-state index contributed by atoms with van der Waals surface area (Å²) in [7, 11) is 0. The Hall–Kier alpha value is -3.11. The number of phenolic OH excluding ortho intramolecular Hbond substituents is 1. The molecule has 0 aliphatic carbocycles. The highest BCUT2D eigenvalue weighted by molar-refractivity contribution is 6.09. The first-order chi connectivity index (χ1) is 15.2. The summed E-state index contributed by atoms with van der Waals surface area (Å²) in [5, 5.41) is 14.0. The minimum absolute atomic E-state index is 0.166. The van der Waals surface area contributed by atoms with Crippen LogP contribution in [-0.4, -0.2) is 34.7 Å². The first-order valence-corrected chi connectivity index (χ1v) is 11.2. The third kappa shape index (κ3) is 3.51.